The van der Waals surface area contributed by atoms with Gasteiger partial charge in [-0.3, -0.25) is 9.59 Å². The Kier molecular flexibility index (Phi) is 4.52. The highest BCUT2D eigenvalue weighted by Crippen LogP contribution is 2.30. The van der Waals surface area contributed by atoms with Gasteiger partial charge in [0.1, 0.15) is 0 Å². The lowest BCUT2D eigenvalue weighted by molar-refractivity contribution is -0.121. The van der Waals surface area contributed by atoms with Crippen LogP contribution in [0, 0.1) is 6.92 Å². The molecule has 8 heteroatoms. The Hall–Kier alpha value is -2.22. The van der Waals surface area contributed by atoms with Gasteiger partial charge >= 0.3 is 0 Å². The maximum Gasteiger partial charge on any atom is 0.257 e. The SMILES string of the molecule is Cc1nc(N2CCN(C)CC2)ncc1C(=O)N1[C@@H]2CC[C@H]1CNC(=O)C2. The zero-order chi connectivity index (χ0) is 18.3. The molecule has 1 aromatic heterocycles. The van der Waals surface area contributed by atoms with E-state index in [2.05, 4.69) is 32.1 Å². The Labute approximate surface area is 153 Å². The number of piperazine rings is 1. The number of carbonyl (C=O) groups is 2. The molecule has 4 heterocycles. The van der Waals surface area contributed by atoms with Gasteiger partial charge < -0.3 is 20.0 Å². The molecule has 3 aliphatic rings. The van der Waals surface area contributed by atoms with Crippen molar-refractivity contribution in [1.29, 1.82) is 0 Å². The first kappa shape index (κ1) is 17.2. The number of fused-ring (bicyclic) bond motifs is 2. The van der Waals surface area contributed by atoms with Gasteiger partial charge in [0.15, 0.2) is 0 Å². The minimum Gasteiger partial charge on any atom is -0.354 e. The zero-order valence-corrected chi connectivity index (χ0v) is 15.4. The van der Waals surface area contributed by atoms with E-state index in [1.54, 1.807) is 6.20 Å². The molecule has 26 heavy (non-hydrogen) atoms. The Morgan fingerprint density at radius 2 is 1.92 bits per heavy atom. The van der Waals surface area contributed by atoms with Crippen LogP contribution in [0.25, 0.3) is 0 Å². The molecule has 0 saturated carbocycles. The van der Waals surface area contributed by atoms with Gasteiger partial charge in [-0.2, -0.15) is 0 Å². The number of carbonyl (C=O) groups excluding carboxylic acids is 2. The second kappa shape index (κ2) is 6.83. The molecule has 3 aliphatic heterocycles. The molecule has 4 rings (SSSR count). The Bertz CT molecular complexity index is 716. The van der Waals surface area contributed by atoms with Crippen molar-refractivity contribution < 1.29 is 9.59 Å². The first-order valence-corrected chi connectivity index (χ1v) is 9.39. The van der Waals surface area contributed by atoms with Gasteiger partial charge in [-0.05, 0) is 26.8 Å². The third-order valence-electron chi connectivity index (χ3n) is 5.79. The molecule has 1 aromatic rings. The molecule has 8 nitrogen and oxygen atoms in total. The summed E-state index contributed by atoms with van der Waals surface area (Å²) in [5.41, 5.74) is 1.26. The van der Waals surface area contributed by atoms with Crippen LogP contribution in [0.1, 0.15) is 35.3 Å². The third-order valence-corrected chi connectivity index (χ3v) is 5.79. The van der Waals surface area contributed by atoms with Gasteiger partial charge in [-0.1, -0.05) is 0 Å². The lowest BCUT2D eigenvalue weighted by atomic mass is 10.1. The molecule has 0 aromatic carbocycles. The fraction of sp³-hybridized carbons (Fsp3) is 0.667. The van der Waals surface area contributed by atoms with E-state index < -0.39 is 0 Å². The van der Waals surface area contributed by atoms with Crippen LogP contribution in [0.3, 0.4) is 0 Å². The van der Waals surface area contributed by atoms with E-state index in [4.69, 9.17) is 0 Å². The maximum absolute atomic E-state index is 13.2. The topological polar surface area (TPSA) is 81.7 Å². The number of amides is 2. The molecule has 0 spiro atoms. The monoisotopic (exact) mass is 358 g/mol. The smallest absolute Gasteiger partial charge is 0.257 e. The average molecular weight is 358 g/mol. The standard InChI is InChI=1S/C18H26N6O2/c1-12-15(11-20-18(21-12)23-7-5-22(2)6-8-23)17(26)24-13-3-4-14(24)10-19-16(25)9-13/h11,13-14H,3-10H2,1-2H3,(H,19,25)/t13-,14+/m1/s1. The number of nitrogens with one attached hydrogen (secondary N) is 1. The molecular formula is C18H26N6O2. The van der Waals surface area contributed by atoms with Gasteiger partial charge in [0.05, 0.1) is 11.3 Å². The van der Waals surface area contributed by atoms with Crippen molar-refractivity contribution in [1.82, 2.24) is 25.1 Å². The number of anilines is 1. The van der Waals surface area contributed by atoms with Gasteiger partial charge in [0, 0.05) is 57.4 Å². The van der Waals surface area contributed by atoms with Gasteiger partial charge in [-0.25, -0.2) is 9.97 Å². The number of hydrogen-bond acceptors (Lipinski definition) is 6. The Morgan fingerprint density at radius 3 is 2.65 bits per heavy atom. The van der Waals surface area contributed by atoms with E-state index in [0.29, 0.717) is 30.2 Å². The van der Waals surface area contributed by atoms with Crippen molar-refractivity contribution in [2.45, 2.75) is 38.3 Å². The molecule has 1 N–H and O–H groups in total. The van der Waals surface area contributed by atoms with Gasteiger partial charge in [0.2, 0.25) is 11.9 Å². The molecular weight excluding hydrogens is 332 g/mol. The van der Waals surface area contributed by atoms with Crippen molar-refractivity contribution in [2.24, 2.45) is 0 Å². The zero-order valence-electron chi connectivity index (χ0n) is 15.4. The first-order valence-electron chi connectivity index (χ1n) is 9.39. The largest absolute Gasteiger partial charge is 0.354 e. The van der Waals surface area contributed by atoms with Crippen LogP contribution in [-0.4, -0.2) is 83.4 Å². The highest BCUT2D eigenvalue weighted by Gasteiger charge is 2.41. The van der Waals surface area contributed by atoms with Crippen LogP contribution in [0.4, 0.5) is 5.95 Å². The quantitative estimate of drug-likeness (QED) is 0.803. The summed E-state index contributed by atoms with van der Waals surface area (Å²) < 4.78 is 0. The van der Waals surface area contributed by atoms with Crippen LogP contribution in [0.5, 0.6) is 0 Å². The van der Waals surface area contributed by atoms with Gasteiger partial charge in [-0.15, -0.1) is 0 Å². The van der Waals surface area contributed by atoms with Gasteiger partial charge in [0.25, 0.3) is 5.91 Å². The van der Waals surface area contributed by atoms with E-state index >= 15 is 0 Å². The van der Waals surface area contributed by atoms with Crippen molar-refractivity contribution in [2.75, 3.05) is 44.7 Å². The molecule has 3 fully saturated rings. The molecule has 2 atom stereocenters. The lowest BCUT2D eigenvalue weighted by Gasteiger charge is -2.32. The summed E-state index contributed by atoms with van der Waals surface area (Å²) in [6.45, 7) is 6.18. The summed E-state index contributed by atoms with van der Waals surface area (Å²) in [6.07, 6.45) is 3.89. The Balaban J connectivity index is 1.54. The first-order chi connectivity index (χ1) is 12.5. The van der Waals surface area contributed by atoms with Crippen LogP contribution in [0.15, 0.2) is 6.20 Å². The molecule has 0 aliphatic carbocycles. The summed E-state index contributed by atoms with van der Waals surface area (Å²) in [5.74, 6) is 0.688. The minimum absolute atomic E-state index is 0.00768. The summed E-state index contributed by atoms with van der Waals surface area (Å²) in [4.78, 5) is 40.4. The van der Waals surface area contributed by atoms with E-state index in [1.165, 1.54) is 0 Å². The molecule has 0 unspecified atom stereocenters. The molecule has 2 amide bonds. The van der Waals surface area contributed by atoms with E-state index in [1.807, 2.05) is 11.8 Å². The van der Waals surface area contributed by atoms with Crippen LogP contribution >= 0.6 is 0 Å². The number of aryl methyl sites for hydroxylation is 1. The second-order valence-electron chi connectivity index (χ2n) is 7.57. The van der Waals surface area contributed by atoms with Crippen molar-refractivity contribution >= 4 is 17.8 Å². The van der Waals surface area contributed by atoms with E-state index in [-0.39, 0.29) is 23.9 Å². The molecule has 0 radical (unpaired) electrons. The summed E-state index contributed by atoms with van der Waals surface area (Å²) in [7, 11) is 2.11. The highest BCUT2D eigenvalue weighted by atomic mass is 16.2. The predicted molar refractivity (Wildman–Crippen MR) is 97.1 cm³/mol. The summed E-state index contributed by atoms with van der Waals surface area (Å²) in [6, 6.07) is 0.0716. The van der Waals surface area contributed by atoms with E-state index in [0.717, 1.165) is 39.0 Å². The number of rotatable bonds is 2. The van der Waals surface area contributed by atoms with Crippen molar-refractivity contribution in [3.05, 3.63) is 17.5 Å². The minimum atomic E-state index is -0.0450. The predicted octanol–water partition coefficient (Wildman–Crippen LogP) is 0.0299. The number of likely N-dealkylation sites (N-methyl/N-ethyl adjacent to an activating group) is 1. The summed E-state index contributed by atoms with van der Waals surface area (Å²) >= 11 is 0. The fourth-order valence-electron chi connectivity index (χ4n) is 4.17. The molecule has 3 saturated heterocycles. The van der Waals surface area contributed by atoms with Crippen molar-refractivity contribution in [3.63, 3.8) is 0 Å². The van der Waals surface area contributed by atoms with E-state index in [9.17, 15) is 9.59 Å². The number of nitrogens with zero attached hydrogens (tertiary/aromatic N) is 5. The second-order valence-corrected chi connectivity index (χ2v) is 7.57. The van der Waals surface area contributed by atoms with Crippen molar-refractivity contribution in [3.8, 4) is 0 Å². The number of aromatic nitrogens is 2. The maximum atomic E-state index is 13.2. The average Bonchev–Trinajstić information content (AvgIpc) is 2.93. The lowest BCUT2D eigenvalue weighted by Crippen LogP contribution is -2.45. The Morgan fingerprint density at radius 1 is 1.19 bits per heavy atom. The van der Waals surface area contributed by atoms with Crippen LogP contribution in [0.2, 0.25) is 0 Å². The highest BCUT2D eigenvalue weighted by molar-refractivity contribution is 5.96. The fourth-order valence-corrected chi connectivity index (χ4v) is 4.17. The molecule has 140 valence electrons. The summed E-state index contributed by atoms with van der Waals surface area (Å²) in [5, 5.41) is 2.91. The van der Waals surface area contributed by atoms with Crippen LogP contribution in [-0.2, 0) is 4.79 Å². The molecule has 2 bridgehead atoms. The third kappa shape index (κ3) is 3.13. The van der Waals surface area contributed by atoms with Crippen LogP contribution < -0.4 is 10.2 Å². The number of hydrogen-bond donors (Lipinski definition) is 1. The normalized spacial score (nSPS) is 26.6.